The van der Waals surface area contributed by atoms with Crippen molar-refractivity contribution < 1.29 is 14.4 Å². The van der Waals surface area contributed by atoms with E-state index in [9.17, 15) is 14.4 Å². The van der Waals surface area contributed by atoms with Gasteiger partial charge in [-0.2, -0.15) is 0 Å². The number of hydrogen-bond acceptors (Lipinski definition) is 3. The topological polar surface area (TPSA) is 78.5 Å². The van der Waals surface area contributed by atoms with Crippen molar-refractivity contribution in [3.8, 4) is 0 Å². The van der Waals surface area contributed by atoms with E-state index >= 15 is 0 Å². The van der Waals surface area contributed by atoms with Gasteiger partial charge in [-0.1, -0.05) is 18.2 Å². The first-order valence-electron chi connectivity index (χ1n) is 8.02. The molecule has 0 radical (unpaired) electrons. The molecule has 128 valence electrons. The van der Waals surface area contributed by atoms with Gasteiger partial charge >= 0.3 is 0 Å². The molecule has 0 saturated carbocycles. The maximum Gasteiger partial charge on any atom is 0.253 e. The van der Waals surface area contributed by atoms with Crippen LogP contribution >= 0.6 is 0 Å². The molecule has 3 amide bonds. The van der Waals surface area contributed by atoms with Crippen LogP contribution < -0.4 is 10.6 Å². The monoisotopic (exact) mass is 329 g/mol. The third kappa shape index (κ3) is 4.01. The average molecular weight is 329 g/mol. The Labute approximate surface area is 141 Å². The summed E-state index contributed by atoms with van der Waals surface area (Å²) in [6.45, 7) is 8.17. The lowest BCUT2D eigenvalue weighted by atomic mass is 10.1. The highest BCUT2D eigenvalue weighted by atomic mass is 16.2. The summed E-state index contributed by atoms with van der Waals surface area (Å²) in [7, 11) is 0. The molecule has 1 atom stereocenters. The lowest BCUT2D eigenvalue weighted by Gasteiger charge is -2.20. The number of amides is 3. The zero-order chi connectivity index (χ0) is 17.7. The van der Waals surface area contributed by atoms with Gasteiger partial charge in [-0.3, -0.25) is 14.4 Å². The number of likely N-dealkylation sites (tertiary alicyclic amines) is 1. The van der Waals surface area contributed by atoms with Crippen molar-refractivity contribution in [1.82, 2.24) is 10.2 Å². The molecule has 1 aromatic carbocycles. The maximum absolute atomic E-state index is 12.5. The molecule has 0 spiro atoms. The number of para-hydroxylation sites is 1. The fraction of sp³-hybridized carbons (Fsp3) is 0.389. The van der Waals surface area contributed by atoms with E-state index in [2.05, 4.69) is 17.2 Å². The Morgan fingerprint density at radius 2 is 2.08 bits per heavy atom. The van der Waals surface area contributed by atoms with Crippen LogP contribution in [0.25, 0.3) is 0 Å². The van der Waals surface area contributed by atoms with Gasteiger partial charge in [-0.15, -0.1) is 6.58 Å². The van der Waals surface area contributed by atoms with Crippen LogP contribution in [0, 0.1) is 5.92 Å². The van der Waals surface area contributed by atoms with E-state index in [0.29, 0.717) is 24.3 Å². The fourth-order valence-corrected chi connectivity index (χ4v) is 2.69. The van der Waals surface area contributed by atoms with Crippen LogP contribution in [0.2, 0.25) is 0 Å². The van der Waals surface area contributed by atoms with Crippen LogP contribution in [0.3, 0.4) is 0 Å². The molecule has 0 aliphatic carbocycles. The van der Waals surface area contributed by atoms with Crippen LogP contribution in [0.4, 0.5) is 5.69 Å². The molecular formula is C18H23N3O3. The predicted octanol–water partition coefficient (Wildman–Crippen LogP) is 1.80. The minimum atomic E-state index is -0.399. The minimum Gasteiger partial charge on any atom is -0.349 e. The molecule has 1 aromatic rings. The van der Waals surface area contributed by atoms with Crippen molar-refractivity contribution in [2.24, 2.45) is 5.92 Å². The smallest absolute Gasteiger partial charge is 0.253 e. The van der Waals surface area contributed by atoms with Crippen molar-refractivity contribution in [3.05, 3.63) is 42.5 Å². The van der Waals surface area contributed by atoms with E-state index in [1.54, 1.807) is 35.2 Å². The summed E-state index contributed by atoms with van der Waals surface area (Å²) in [6, 6.07) is 6.89. The number of rotatable bonds is 6. The molecule has 1 heterocycles. The van der Waals surface area contributed by atoms with E-state index < -0.39 is 5.92 Å². The molecule has 0 unspecified atom stereocenters. The van der Waals surface area contributed by atoms with E-state index in [1.807, 2.05) is 13.8 Å². The lowest BCUT2D eigenvalue weighted by Crippen LogP contribution is -2.33. The van der Waals surface area contributed by atoms with Crippen molar-refractivity contribution in [2.75, 3.05) is 18.4 Å². The summed E-state index contributed by atoms with van der Waals surface area (Å²) >= 11 is 0. The zero-order valence-electron chi connectivity index (χ0n) is 14.0. The molecule has 2 N–H and O–H groups in total. The van der Waals surface area contributed by atoms with E-state index in [-0.39, 0.29) is 30.2 Å². The van der Waals surface area contributed by atoms with Gasteiger partial charge in [0, 0.05) is 25.6 Å². The number of anilines is 1. The zero-order valence-corrected chi connectivity index (χ0v) is 14.0. The van der Waals surface area contributed by atoms with Crippen LogP contribution in [-0.2, 0) is 9.59 Å². The number of nitrogens with zero attached hydrogens (tertiary/aromatic N) is 1. The summed E-state index contributed by atoms with van der Waals surface area (Å²) in [6.07, 6.45) is 1.79. The summed E-state index contributed by atoms with van der Waals surface area (Å²) in [5.41, 5.74) is 0.831. The Morgan fingerprint density at radius 1 is 1.38 bits per heavy atom. The van der Waals surface area contributed by atoms with Crippen LogP contribution in [0.5, 0.6) is 0 Å². The van der Waals surface area contributed by atoms with E-state index in [1.165, 1.54) is 0 Å². The summed E-state index contributed by atoms with van der Waals surface area (Å²) in [4.78, 5) is 38.3. The molecule has 0 aromatic heterocycles. The van der Waals surface area contributed by atoms with E-state index in [4.69, 9.17) is 0 Å². The Morgan fingerprint density at radius 3 is 2.71 bits per heavy atom. The number of nitrogens with one attached hydrogen (secondary N) is 2. The Kier molecular flexibility index (Phi) is 5.73. The minimum absolute atomic E-state index is 0.0119. The van der Waals surface area contributed by atoms with Crippen molar-refractivity contribution in [3.63, 3.8) is 0 Å². The van der Waals surface area contributed by atoms with Gasteiger partial charge in [-0.25, -0.2) is 0 Å². The first-order valence-corrected chi connectivity index (χ1v) is 8.02. The van der Waals surface area contributed by atoms with Crippen LogP contribution in [-0.4, -0.2) is 41.8 Å². The number of carbonyl (C=O) groups is 3. The van der Waals surface area contributed by atoms with Crippen molar-refractivity contribution >= 4 is 23.4 Å². The third-order valence-electron chi connectivity index (χ3n) is 3.99. The second kappa shape index (κ2) is 7.77. The summed E-state index contributed by atoms with van der Waals surface area (Å²) in [5, 5.41) is 5.48. The molecule has 1 fully saturated rings. The van der Waals surface area contributed by atoms with E-state index in [0.717, 1.165) is 0 Å². The molecule has 6 nitrogen and oxygen atoms in total. The largest absolute Gasteiger partial charge is 0.349 e. The summed E-state index contributed by atoms with van der Waals surface area (Å²) < 4.78 is 0. The van der Waals surface area contributed by atoms with Crippen LogP contribution in [0.1, 0.15) is 30.6 Å². The Balaban J connectivity index is 2.09. The van der Waals surface area contributed by atoms with Gasteiger partial charge in [-0.05, 0) is 26.0 Å². The molecule has 2 rings (SSSR count). The molecular weight excluding hydrogens is 306 g/mol. The molecule has 1 saturated heterocycles. The normalized spacial score (nSPS) is 17.0. The highest BCUT2D eigenvalue weighted by molar-refractivity contribution is 6.05. The molecule has 24 heavy (non-hydrogen) atoms. The van der Waals surface area contributed by atoms with Gasteiger partial charge in [0.1, 0.15) is 0 Å². The van der Waals surface area contributed by atoms with Crippen molar-refractivity contribution in [1.29, 1.82) is 0 Å². The van der Waals surface area contributed by atoms with Crippen molar-refractivity contribution in [2.45, 2.75) is 26.3 Å². The van der Waals surface area contributed by atoms with Gasteiger partial charge in [0.25, 0.3) is 5.91 Å². The number of hydrogen-bond donors (Lipinski definition) is 2. The van der Waals surface area contributed by atoms with Gasteiger partial charge in [0.05, 0.1) is 17.2 Å². The Hall–Kier alpha value is -2.63. The first kappa shape index (κ1) is 17.7. The van der Waals surface area contributed by atoms with Gasteiger partial charge in [0.2, 0.25) is 11.8 Å². The second-order valence-corrected chi connectivity index (χ2v) is 6.07. The Bertz CT molecular complexity index is 655. The lowest BCUT2D eigenvalue weighted by molar-refractivity contribution is -0.129. The number of benzene rings is 1. The SMILES string of the molecule is C=CCNC(=O)c1ccccc1NC(=O)[C@@H]1CC(=O)N(C(C)C)C1. The number of carbonyl (C=O) groups excluding carboxylic acids is 3. The molecule has 6 heteroatoms. The quantitative estimate of drug-likeness (QED) is 0.781. The standard InChI is InChI=1S/C18H23N3O3/c1-4-9-19-18(24)14-7-5-6-8-15(14)20-17(23)13-10-16(22)21(11-13)12(2)3/h4-8,12-13H,1,9-11H2,2-3H3,(H,19,24)(H,20,23)/t13-/m1/s1. The maximum atomic E-state index is 12.5. The third-order valence-corrected chi connectivity index (χ3v) is 3.99. The molecule has 1 aliphatic heterocycles. The second-order valence-electron chi connectivity index (χ2n) is 6.07. The predicted molar refractivity (Wildman–Crippen MR) is 92.6 cm³/mol. The summed E-state index contributed by atoms with van der Waals surface area (Å²) in [5.74, 6) is -0.932. The fourth-order valence-electron chi connectivity index (χ4n) is 2.69. The molecule has 1 aliphatic rings. The average Bonchev–Trinajstić information content (AvgIpc) is 2.95. The highest BCUT2D eigenvalue weighted by Gasteiger charge is 2.35. The van der Waals surface area contributed by atoms with Gasteiger partial charge in [0.15, 0.2) is 0 Å². The van der Waals surface area contributed by atoms with Crippen LogP contribution in [0.15, 0.2) is 36.9 Å². The first-order chi connectivity index (χ1) is 11.4. The molecule has 0 bridgehead atoms. The van der Waals surface area contributed by atoms with Gasteiger partial charge < -0.3 is 15.5 Å². The highest BCUT2D eigenvalue weighted by Crippen LogP contribution is 2.23.